The number of benzene rings is 3. The van der Waals surface area contributed by atoms with Gasteiger partial charge in [0.15, 0.2) is 6.10 Å². The molecule has 0 bridgehead atoms. The average Bonchev–Trinajstić information content (AvgIpc) is 3.22. The Kier molecular flexibility index (Phi) is 6.96. The number of amidine groups is 1. The third-order valence-corrected chi connectivity index (χ3v) is 8.53. The second-order valence-corrected chi connectivity index (χ2v) is 11.4. The monoisotopic (exact) mass is 563 g/mol. The van der Waals surface area contributed by atoms with E-state index < -0.39 is 39.5 Å². The van der Waals surface area contributed by atoms with E-state index >= 15 is 0 Å². The van der Waals surface area contributed by atoms with Crippen LogP contribution in [0, 0.1) is 18.3 Å². The number of fused-ring (bicyclic) bond motifs is 1. The number of nitrogen functional groups attached to an aromatic ring is 1. The molecule has 0 spiro atoms. The van der Waals surface area contributed by atoms with E-state index in [2.05, 4.69) is 5.32 Å². The topological polar surface area (TPSA) is 178 Å². The summed E-state index contributed by atoms with van der Waals surface area (Å²) in [6.07, 6.45) is -0.725. The number of rotatable bonds is 7. The van der Waals surface area contributed by atoms with E-state index in [0.29, 0.717) is 33.5 Å². The third-order valence-electron chi connectivity index (χ3n) is 7.56. The number of carbonyl (C=O) groups excluding carboxylic acids is 2. The Bertz CT molecular complexity index is 1640. The smallest absolute Gasteiger partial charge is 0.312 e. The number of nitrogens with zero attached hydrogens (tertiary/aromatic N) is 1. The van der Waals surface area contributed by atoms with Crippen molar-refractivity contribution < 1.29 is 27.6 Å². The standard InChI is InChI=1S/C28H29N5O6S/c1-16-12-17(20-8-3-4-9-24(20)40(31,36)37)10-11-22(16)32-26(34)23-14-28(19-7-5-6-18(13-19)25(29)30)21(27(35)38-2)15-33(28)39-23/h3-13,21,23H,14-15H2,1-2H3,(H3,29,30)(H,32,34)(H2,31,36,37). The minimum atomic E-state index is -3.93. The zero-order valence-electron chi connectivity index (χ0n) is 21.9. The molecule has 0 radical (unpaired) electrons. The molecule has 3 unspecified atom stereocenters. The van der Waals surface area contributed by atoms with Gasteiger partial charge in [0.05, 0.1) is 23.5 Å². The van der Waals surface area contributed by atoms with Crippen molar-refractivity contribution in [2.24, 2.45) is 16.8 Å². The van der Waals surface area contributed by atoms with Gasteiger partial charge >= 0.3 is 5.97 Å². The minimum Gasteiger partial charge on any atom is -0.469 e. The first-order chi connectivity index (χ1) is 19.0. The fourth-order valence-corrected chi connectivity index (χ4v) is 6.27. The highest BCUT2D eigenvalue weighted by Gasteiger charge is 2.65. The number of methoxy groups -OCH3 is 1. The fourth-order valence-electron chi connectivity index (χ4n) is 5.51. The van der Waals surface area contributed by atoms with E-state index in [9.17, 15) is 18.0 Å². The van der Waals surface area contributed by atoms with Gasteiger partial charge in [-0.3, -0.25) is 19.8 Å². The number of nitrogens with one attached hydrogen (secondary N) is 2. The molecule has 2 aliphatic heterocycles. The van der Waals surface area contributed by atoms with Crippen molar-refractivity contribution >= 4 is 33.4 Å². The van der Waals surface area contributed by atoms with Crippen LogP contribution in [0.2, 0.25) is 0 Å². The molecular formula is C28H29N5O6S. The lowest BCUT2D eigenvalue weighted by molar-refractivity contribution is -0.265. The summed E-state index contributed by atoms with van der Waals surface area (Å²) >= 11 is 0. The molecule has 0 saturated carbocycles. The lowest BCUT2D eigenvalue weighted by atomic mass is 9.68. The van der Waals surface area contributed by atoms with Crippen molar-refractivity contribution in [3.8, 4) is 11.1 Å². The van der Waals surface area contributed by atoms with Crippen LogP contribution in [0.25, 0.3) is 11.1 Å². The number of esters is 1. The molecule has 1 amide bonds. The number of carbonyl (C=O) groups is 2. The molecule has 2 fully saturated rings. The van der Waals surface area contributed by atoms with E-state index in [0.717, 1.165) is 0 Å². The number of nitrogens with two attached hydrogens (primary N) is 2. The number of anilines is 1. The molecule has 11 nitrogen and oxygen atoms in total. The van der Waals surface area contributed by atoms with Gasteiger partial charge in [-0.1, -0.05) is 42.5 Å². The van der Waals surface area contributed by atoms with Crippen LogP contribution < -0.4 is 16.2 Å². The van der Waals surface area contributed by atoms with Gasteiger partial charge in [0.2, 0.25) is 10.0 Å². The van der Waals surface area contributed by atoms with Crippen LogP contribution in [0.5, 0.6) is 0 Å². The van der Waals surface area contributed by atoms with Gasteiger partial charge in [0, 0.05) is 29.8 Å². The molecule has 12 heteroatoms. The molecule has 2 heterocycles. The first-order valence-corrected chi connectivity index (χ1v) is 14.0. The highest BCUT2D eigenvalue weighted by molar-refractivity contribution is 7.89. The van der Waals surface area contributed by atoms with Gasteiger partial charge in [-0.25, -0.2) is 13.6 Å². The quantitative estimate of drug-likeness (QED) is 0.192. The van der Waals surface area contributed by atoms with E-state index in [1.807, 2.05) is 6.07 Å². The van der Waals surface area contributed by atoms with E-state index in [1.54, 1.807) is 66.6 Å². The van der Waals surface area contributed by atoms with Crippen LogP contribution >= 0.6 is 0 Å². The molecule has 5 rings (SSSR count). The average molecular weight is 564 g/mol. The van der Waals surface area contributed by atoms with E-state index in [4.69, 9.17) is 25.9 Å². The first-order valence-electron chi connectivity index (χ1n) is 12.5. The summed E-state index contributed by atoms with van der Waals surface area (Å²) in [5, 5.41) is 17.7. The Morgan fingerprint density at radius 3 is 2.55 bits per heavy atom. The van der Waals surface area contributed by atoms with Crippen molar-refractivity contribution in [2.75, 3.05) is 19.0 Å². The van der Waals surface area contributed by atoms with Crippen LogP contribution in [0.1, 0.15) is 23.1 Å². The number of ether oxygens (including phenoxy) is 1. The molecule has 3 aromatic rings. The summed E-state index contributed by atoms with van der Waals surface area (Å²) < 4.78 is 29.1. The van der Waals surface area contributed by atoms with Crippen LogP contribution in [0.4, 0.5) is 5.69 Å². The highest BCUT2D eigenvalue weighted by Crippen LogP contribution is 2.54. The van der Waals surface area contributed by atoms with Gasteiger partial charge in [-0.2, -0.15) is 5.06 Å². The van der Waals surface area contributed by atoms with Crippen LogP contribution in [-0.4, -0.2) is 51.0 Å². The Labute approximate surface area is 231 Å². The van der Waals surface area contributed by atoms with Crippen LogP contribution in [0.15, 0.2) is 71.6 Å². The minimum absolute atomic E-state index is 0.00867. The lowest BCUT2D eigenvalue weighted by Crippen LogP contribution is -2.63. The van der Waals surface area contributed by atoms with Crippen molar-refractivity contribution in [1.29, 1.82) is 5.41 Å². The largest absolute Gasteiger partial charge is 0.469 e. The maximum absolute atomic E-state index is 13.4. The maximum atomic E-state index is 13.4. The molecule has 208 valence electrons. The molecule has 0 aromatic heterocycles. The molecule has 3 atom stereocenters. The molecule has 2 saturated heterocycles. The summed E-state index contributed by atoms with van der Waals surface area (Å²) in [7, 11) is -2.61. The summed E-state index contributed by atoms with van der Waals surface area (Å²) in [6, 6.07) is 18.6. The van der Waals surface area contributed by atoms with E-state index in [1.165, 1.54) is 13.2 Å². The normalized spacial score (nSPS) is 22.2. The molecule has 3 aromatic carbocycles. The number of hydroxylamine groups is 2. The predicted octanol–water partition coefficient (Wildman–Crippen LogP) is 2.24. The van der Waals surface area contributed by atoms with Crippen molar-refractivity contribution in [2.45, 2.75) is 29.9 Å². The number of primary sulfonamides is 1. The molecular weight excluding hydrogens is 534 g/mol. The highest BCUT2D eigenvalue weighted by atomic mass is 32.2. The third kappa shape index (κ3) is 4.64. The lowest BCUT2D eigenvalue weighted by Gasteiger charge is -2.51. The Balaban J connectivity index is 1.40. The zero-order chi connectivity index (χ0) is 28.8. The zero-order valence-corrected chi connectivity index (χ0v) is 22.7. The fraction of sp³-hybridized carbons (Fsp3) is 0.250. The Morgan fingerprint density at radius 2 is 1.88 bits per heavy atom. The first kappa shape index (κ1) is 27.5. The summed E-state index contributed by atoms with van der Waals surface area (Å²) in [5.41, 5.74) is 8.26. The molecule has 6 N–H and O–H groups in total. The Hall–Kier alpha value is -4.10. The SMILES string of the molecule is COC(=O)C1CN2OC(C(=O)Nc3ccc(-c4ccccc4S(N)(=O)=O)cc3C)CC12c1cccc(C(=N)N)c1. The van der Waals surface area contributed by atoms with Crippen LogP contribution in [-0.2, 0) is 34.7 Å². The number of hydrogen-bond donors (Lipinski definition) is 4. The van der Waals surface area contributed by atoms with Crippen molar-refractivity contribution in [3.63, 3.8) is 0 Å². The molecule has 0 aliphatic carbocycles. The van der Waals surface area contributed by atoms with E-state index in [-0.39, 0.29) is 23.7 Å². The maximum Gasteiger partial charge on any atom is 0.312 e. The van der Waals surface area contributed by atoms with Gasteiger partial charge in [-0.05, 0) is 47.9 Å². The van der Waals surface area contributed by atoms with Crippen molar-refractivity contribution in [3.05, 3.63) is 83.4 Å². The van der Waals surface area contributed by atoms with Crippen LogP contribution in [0.3, 0.4) is 0 Å². The van der Waals surface area contributed by atoms with Crippen molar-refractivity contribution in [1.82, 2.24) is 5.06 Å². The second kappa shape index (κ2) is 10.1. The number of hydrogen-bond acceptors (Lipinski definition) is 8. The predicted molar refractivity (Wildman–Crippen MR) is 147 cm³/mol. The summed E-state index contributed by atoms with van der Waals surface area (Å²) in [6.45, 7) is 2.04. The summed E-state index contributed by atoms with van der Waals surface area (Å²) in [4.78, 5) is 32.1. The van der Waals surface area contributed by atoms with Gasteiger partial charge in [0.1, 0.15) is 5.84 Å². The van der Waals surface area contributed by atoms with Gasteiger partial charge < -0.3 is 15.8 Å². The summed E-state index contributed by atoms with van der Waals surface area (Å²) in [5.74, 6) is -1.50. The molecule has 2 aliphatic rings. The van der Waals surface area contributed by atoms with Gasteiger partial charge in [0.25, 0.3) is 5.91 Å². The number of aryl methyl sites for hydroxylation is 1. The molecule has 40 heavy (non-hydrogen) atoms. The number of sulfonamides is 1. The Morgan fingerprint density at radius 1 is 1.12 bits per heavy atom. The van der Waals surface area contributed by atoms with Gasteiger partial charge in [-0.15, -0.1) is 0 Å². The second-order valence-electron chi connectivity index (χ2n) is 9.91. The number of amides is 1.